The topological polar surface area (TPSA) is 476 Å². The Labute approximate surface area is 666 Å². The van der Waals surface area contributed by atoms with Crippen LogP contribution in [-0.2, 0) is 48.4 Å². The van der Waals surface area contributed by atoms with Crippen molar-refractivity contribution < 1.29 is 112 Å². The summed E-state index contributed by atoms with van der Waals surface area (Å²) < 4.78 is 55.7. The molecule has 16 N–H and O–H groups in total. The van der Waals surface area contributed by atoms with Gasteiger partial charge in [0, 0.05) is 67.9 Å². The number of sulfonamides is 1. The third-order valence-electron chi connectivity index (χ3n) is 23.4. The maximum atomic E-state index is 16.5. The first-order valence-corrected chi connectivity index (χ1v) is 40.5. The van der Waals surface area contributed by atoms with E-state index in [1.807, 2.05) is 18.6 Å². The van der Waals surface area contributed by atoms with Gasteiger partial charge in [-0.25, -0.2) is 13.1 Å². The number of phenols is 3. The maximum Gasteiger partial charge on any atom is 0.264 e. The monoisotopic (exact) mass is 1630 g/mol. The quantitative estimate of drug-likeness (QED) is 0.0403. The molecule has 0 radical (unpaired) electrons. The SMILES string of the molecule is CC[C@H](CC(C)C)C(=O)N[C@H]1C(=O)C[C@@H](CC(=O)NS(=O)(=O)c2ccc(OCCN)cc2)C(=O)N[C@H]2C(=O)C[C@H]3C(=O)N[C@H](C(=O)N[C@H](C(=O)CC4C5CC6CC(C5)CC4C6)c4cc(O)cc(O)c4-c4cc3ccc4O)[C@H](O)c3ccc(c(Cl)c3)Oc3cc2cc(c3O[C@@H]2C[C@H](CO)[C@@H](O)[C@H](O)[C@H]2O)Oc2ccc(cc2Cl)[C@H]1O. The van der Waals surface area contributed by atoms with Gasteiger partial charge in [0.2, 0.25) is 35.3 Å². The summed E-state index contributed by atoms with van der Waals surface area (Å²) in [5.74, 6) is -17.4. The summed E-state index contributed by atoms with van der Waals surface area (Å²) in [6.45, 7) is 4.91. The number of halogens is 2. The molecule has 0 saturated heterocycles. The highest BCUT2D eigenvalue weighted by Gasteiger charge is 2.51. The van der Waals surface area contributed by atoms with Gasteiger partial charge in [-0.1, -0.05) is 62.2 Å². The number of fused-ring (bicyclic) bond motifs is 15. The van der Waals surface area contributed by atoms with Crippen LogP contribution in [-0.4, -0.2) is 158 Å². The molecule has 10 aliphatic rings. The van der Waals surface area contributed by atoms with E-state index in [9.17, 15) is 64.0 Å². The fourth-order valence-corrected chi connectivity index (χ4v) is 19.3. The minimum Gasteiger partial charge on any atom is -0.508 e. The van der Waals surface area contributed by atoms with Crippen LogP contribution in [0, 0.1) is 53.3 Å². The average molecular weight is 1630 g/mol. The van der Waals surface area contributed by atoms with Gasteiger partial charge in [0.15, 0.2) is 28.8 Å². The van der Waals surface area contributed by atoms with Crippen molar-refractivity contribution in [3.05, 3.63) is 141 Å². The Balaban J connectivity index is 1.00. The van der Waals surface area contributed by atoms with E-state index in [-0.39, 0.29) is 122 Å². The van der Waals surface area contributed by atoms with Gasteiger partial charge < -0.3 is 91.9 Å². The summed E-state index contributed by atoms with van der Waals surface area (Å²) in [5.41, 5.74) is 3.92. The van der Waals surface area contributed by atoms with Gasteiger partial charge in [-0.15, -0.1) is 0 Å². The fourth-order valence-electron chi connectivity index (χ4n) is 17.8. The van der Waals surface area contributed by atoms with E-state index in [2.05, 4.69) is 21.3 Å². The first kappa shape index (κ1) is 82.5. The number of ether oxygens (including phenoxy) is 4. The lowest BCUT2D eigenvalue weighted by molar-refractivity contribution is -0.157. The Bertz CT molecular complexity index is 4830. The zero-order valence-corrected chi connectivity index (χ0v) is 64.8. The van der Waals surface area contributed by atoms with Crippen molar-refractivity contribution >= 4 is 80.1 Å². The van der Waals surface area contributed by atoms with Crippen molar-refractivity contribution in [1.82, 2.24) is 26.0 Å². The number of nitrogens with two attached hydrogens (primary N) is 1. The molecule has 5 amide bonds. The summed E-state index contributed by atoms with van der Waals surface area (Å²) in [4.78, 5) is 124. The number of phenolic OH excluding ortho intramolecular Hbond substituents is 3. The molecular weight excluding hydrogens is 1540 g/mol. The molecule has 5 saturated carbocycles. The molecule has 5 aliphatic carbocycles. The van der Waals surface area contributed by atoms with E-state index in [0.29, 0.717) is 18.3 Å². The number of rotatable bonds is 18. The number of carbonyl (C=O) groups is 8. The molecule has 29 nitrogen and oxygen atoms in total. The second-order valence-electron chi connectivity index (χ2n) is 31.6. The molecular formula is C82H92Cl2N6O23S. The number of ketones is 3. The highest BCUT2D eigenvalue weighted by Crippen LogP contribution is 2.58. The normalized spacial score (nSPS) is 28.4. The lowest BCUT2D eigenvalue weighted by Gasteiger charge is -2.54. The van der Waals surface area contributed by atoms with E-state index in [1.54, 1.807) is 6.92 Å². The van der Waals surface area contributed by atoms with E-state index >= 15 is 28.8 Å². The Morgan fingerprint density at radius 3 is 1.89 bits per heavy atom. The van der Waals surface area contributed by atoms with Gasteiger partial charge in [0.1, 0.15) is 95.8 Å². The first-order chi connectivity index (χ1) is 54.3. The van der Waals surface area contributed by atoms with E-state index in [4.69, 9.17) is 47.9 Å². The van der Waals surface area contributed by atoms with Crippen molar-refractivity contribution in [3.8, 4) is 62.9 Å². The molecule has 32 heteroatoms. The van der Waals surface area contributed by atoms with Crippen LogP contribution < -0.4 is 50.7 Å². The van der Waals surface area contributed by atoms with Gasteiger partial charge in [0.25, 0.3) is 10.0 Å². The number of amides is 5. The Morgan fingerprint density at radius 1 is 0.658 bits per heavy atom. The molecule has 5 fully saturated rings. The number of benzene rings is 6. The molecule has 15 bridgehead atoms. The van der Waals surface area contributed by atoms with Crippen molar-refractivity contribution in [1.29, 1.82) is 0 Å². The van der Waals surface area contributed by atoms with E-state index < -0.39 is 207 Å². The van der Waals surface area contributed by atoms with Crippen molar-refractivity contribution in [2.45, 2.75) is 169 Å². The summed E-state index contributed by atoms with van der Waals surface area (Å²) >= 11 is 14.3. The molecule has 6 aromatic rings. The molecule has 6 aromatic carbocycles. The Morgan fingerprint density at radius 2 is 1.29 bits per heavy atom. The van der Waals surface area contributed by atoms with Crippen molar-refractivity contribution in [3.63, 3.8) is 0 Å². The van der Waals surface area contributed by atoms with Crippen LogP contribution in [0.25, 0.3) is 11.1 Å². The highest BCUT2D eigenvalue weighted by molar-refractivity contribution is 7.90. The number of aromatic hydroxyl groups is 3. The third kappa shape index (κ3) is 17.4. The van der Waals surface area contributed by atoms with Crippen LogP contribution in [0.4, 0.5) is 0 Å². The van der Waals surface area contributed by atoms with Gasteiger partial charge >= 0.3 is 0 Å². The van der Waals surface area contributed by atoms with Crippen LogP contribution in [0.1, 0.15) is 156 Å². The Kier molecular flexibility index (Phi) is 24.7. The third-order valence-corrected chi connectivity index (χ3v) is 25.4. The summed E-state index contributed by atoms with van der Waals surface area (Å²) in [5, 5.41) is 116. The molecule has 5 aliphatic heterocycles. The fraction of sp³-hybridized carbons (Fsp3) is 0.463. The maximum absolute atomic E-state index is 16.5. The molecule has 608 valence electrons. The van der Waals surface area contributed by atoms with Crippen molar-refractivity contribution in [2.24, 2.45) is 59.0 Å². The highest BCUT2D eigenvalue weighted by atomic mass is 35.5. The predicted octanol–water partition coefficient (Wildman–Crippen LogP) is 7.25. The first-order valence-electron chi connectivity index (χ1n) is 38.3. The average Bonchev–Trinajstić information content (AvgIpc) is 0.763. The number of aliphatic hydroxyl groups is 6. The van der Waals surface area contributed by atoms with Gasteiger partial charge in [0.05, 0.1) is 32.9 Å². The Hall–Kier alpha value is -9.47. The van der Waals surface area contributed by atoms with Crippen LogP contribution in [0.3, 0.4) is 0 Å². The molecule has 14 atom stereocenters. The van der Waals surface area contributed by atoms with E-state index in [1.165, 1.54) is 54.6 Å². The number of carbonyl (C=O) groups excluding carboxylic acids is 8. The van der Waals surface area contributed by atoms with Crippen LogP contribution in [0.15, 0.2) is 108 Å². The molecule has 5 heterocycles. The van der Waals surface area contributed by atoms with Crippen molar-refractivity contribution in [2.75, 3.05) is 19.8 Å². The standard InChI is InChI=1S/C82H92Cl2N6O23S/c1-4-39(17-36(2)3)79(104)88-71-59(95)26-46(30-67(98)90-114(108,109)50-10-8-49(9-11-50)110-16-15-85)80(105)86-69-45-27-65(111-62-13-6-41(73(71)99)24-55(62)83)78(113-64-29-47(35-91)75(101)77(103)76(64)102)66(28-45)112-63-14-7-42(25-56(63)84)74(100)72-82(107)87-70(61(97)33-51-43-19-37-18-38(21-43)22-44(51)20-37)54-31-48(92)32-58(94)68(54)53-23-40(5-12-57(53)93)52(34-60(69)96)81(106)89-72/h5-14,23-25,27-28,31-32,36-39,43-44,46-47,51-52,64,69-77,91-94,99-103H,4,15-22,26,29-30,33-35,85H2,1-3H3,(H,86,105)(H,87,107)(H,88,104)(H,89,106)(H,90,98)/t37?,38?,39-,43?,44?,46+,47-,51?,52-,64-,69-,70+,71+,72+,73-,74-,75-,76+,77+/m1/s1. The number of hydrogen-bond acceptors (Lipinski definition) is 24. The van der Waals surface area contributed by atoms with Gasteiger partial charge in [-0.2, -0.15) is 0 Å². The molecule has 0 spiro atoms. The molecule has 16 rings (SSSR count). The van der Waals surface area contributed by atoms with Gasteiger partial charge in [-0.05, 0) is 194 Å². The smallest absolute Gasteiger partial charge is 0.264 e. The molecule has 0 aromatic heterocycles. The largest absolute Gasteiger partial charge is 0.508 e. The number of aliphatic hydroxyl groups excluding tert-OH is 6. The summed E-state index contributed by atoms with van der Waals surface area (Å²) in [6, 6.07) is 11.8. The zero-order chi connectivity index (χ0) is 81.6. The second-order valence-corrected chi connectivity index (χ2v) is 34.1. The predicted molar refractivity (Wildman–Crippen MR) is 409 cm³/mol. The van der Waals surface area contributed by atoms with Crippen LogP contribution >= 0.6 is 23.2 Å². The number of nitrogens with one attached hydrogen (secondary N) is 5. The van der Waals surface area contributed by atoms with Crippen LogP contribution in [0.5, 0.6) is 51.7 Å². The second kappa shape index (κ2) is 34.1. The number of Topliss-reactive ketones (excluding diaryl/α,β-unsaturated/α-hetero) is 3. The lowest BCUT2D eigenvalue weighted by atomic mass is 9.51. The van der Waals surface area contributed by atoms with E-state index in [0.717, 1.165) is 80.6 Å². The minimum atomic E-state index is -4.85. The molecule has 0 unspecified atom stereocenters. The summed E-state index contributed by atoms with van der Waals surface area (Å²) in [6.07, 6.45) is -9.97. The molecule has 114 heavy (non-hydrogen) atoms. The van der Waals surface area contributed by atoms with Gasteiger partial charge in [-0.3, -0.25) is 38.4 Å². The lowest BCUT2D eigenvalue weighted by Crippen LogP contribution is -2.56. The zero-order valence-electron chi connectivity index (χ0n) is 62.5. The summed E-state index contributed by atoms with van der Waals surface area (Å²) in [7, 11) is -4.85. The number of hydrogen-bond donors (Lipinski definition) is 15. The minimum absolute atomic E-state index is 0.0576. The van der Waals surface area contributed by atoms with Crippen LogP contribution in [0.2, 0.25) is 10.0 Å².